The third kappa shape index (κ3) is 5.93. The van der Waals surface area contributed by atoms with E-state index in [9.17, 15) is 9.00 Å². The zero-order chi connectivity index (χ0) is 19.1. The molecule has 2 aromatic carbocycles. The van der Waals surface area contributed by atoms with Gasteiger partial charge in [0.05, 0.1) is 5.75 Å². The van der Waals surface area contributed by atoms with Gasteiger partial charge in [-0.05, 0) is 36.6 Å². The Balaban J connectivity index is 1.47. The number of furan rings is 1. The van der Waals surface area contributed by atoms with Crippen molar-refractivity contribution in [2.24, 2.45) is 0 Å². The van der Waals surface area contributed by atoms with Crippen LogP contribution in [-0.4, -0.2) is 16.7 Å². The fourth-order valence-electron chi connectivity index (χ4n) is 2.71. The van der Waals surface area contributed by atoms with Gasteiger partial charge in [-0.3, -0.25) is 9.00 Å². The molecule has 1 amide bonds. The van der Waals surface area contributed by atoms with Crippen LogP contribution >= 0.6 is 0 Å². The molecule has 3 rings (SSSR count). The lowest BCUT2D eigenvalue weighted by atomic mass is 10.1. The zero-order valence-electron chi connectivity index (χ0n) is 15.3. The molecule has 1 N–H and O–H groups in total. The van der Waals surface area contributed by atoms with Crippen LogP contribution in [0.1, 0.15) is 33.0 Å². The summed E-state index contributed by atoms with van der Waals surface area (Å²) in [6, 6.07) is 21.3. The number of amides is 1. The highest BCUT2D eigenvalue weighted by Gasteiger charge is 2.13. The molecule has 4 nitrogen and oxygen atoms in total. The summed E-state index contributed by atoms with van der Waals surface area (Å²) >= 11 is 0. The van der Waals surface area contributed by atoms with Gasteiger partial charge in [-0.15, -0.1) is 0 Å². The fourth-order valence-corrected chi connectivity index (χ4v) is 3.85. The Bertz CT molecular complexity index is 901. The van der Waals surface area contributed by atoms with Crippen LogP contribution in [0.3, 0.4) is 0 Å². The van der Waals surface area contributed by atoms with Crippen LogP contribution in [0.5, 0.6) is 0 Å². The van der Waals surface area contributed by atoms with Crippen LogP contribution in [0.15, 0.2) is 71.1 Å². The zero-order valence-corrected chi connectivity index (χ0v) is 16.1. The van der Waals surface area contributed by atoms with Gasteiger partial charge in [0.25, 0.3) is 5.91 Å². The second kappa shape index (κ2) is 9.33. The third-order valence-electron chi connectivity index (χ3n) is 4.18. The summed E-state index contributed by atoms with van der Waals surface area (Å²) < 4.78 is 17.9. The number of nitrogens with one attached hydrogen (secondary N) is 1. The fraction of sp³-hybridized carbons (Fsp3) is 0.227. The van der Waals surface area contributed by atoms with Gasteiger partial charge in [0, 0.05) is 23.1 Å². The average Bonchev–Trinajstić information content (AvgIpc) is 3.13. The summed E-state index contributed by atoms with van der Waals surface area (Å²) in [5, 5.41) is 2.85. The van der Waals surface area contributed by atoms with Crippen molar-refractivity contribution in [3.63, 3.8) is 0 Å². The molecule has 5 heteroatoms. The van der Waals surface area contributed by atoms with Gasteiger partial charge >= 0.3 is 0 Å². The molecular formula is C22H23NO3S. The molecule has 0 fully saturated rings. The van der Waals surface area contributed by atoms with E-state index >= 15 is 0 Å². The van der Waals surface area contributed by atoms with E-state index in [1.165, 1.54) is 11.1 Å². The third-order valence-corrected chi connectivity index (χ3v) is 5.44. The molecule has 0 aliphatic carbocycles. The van der Waals surface area contributed by atoms with E-state index in [2.05, 4.69) is 5.32 Å². The normalized spacial score (nSPS) is 11.9. The smallest absolute Gasteiger partial charge is 0.287 e. The van der Waals surface area contributed by atoms with Gasteiger partial charge in [0.2, 0.25) is 0 Å². The van der Waals surface area contributed by atoms with Gasteiger partial charge in [-0.2, -0.15) is 0 Å². The van der Waals surface area contributed by atoms with Gasteiger partial charge in [0.15, 0.2) is 5.76 Å². The Hall–Kier alpha value is -2.66. The first-order valence-electron chi connectivity index (χ1n) is 8.91. The lowest BCUT2D eigenvalue weighted by molar-refractivity contribution is 0.0925. The number of hydrogen-bond acceptors (Lipinski definition) is 3. The summed E-state index contributed by atoms with van der Waals surface area (Å²) in [7, 11) is -1.08. The van der Waals surface area contributed by atoms with Gasteiger partial charge in [-0.1, -0.05) is 60.2 Å². The highest BCUT2D eigenvalue weighted by Crippen LogP contribution is 2.13. The van der Waals surface area contributed by atoms with Crippen LogP contribution in [0.2, 0.25) is 0 Å². The highest BCUT2D eigenvalue weighted by molar-refractivity contribution is 7.83. The molecule has 0 aliphatic heterocycles. The molecular weight excluding hydrogens is 358 g/mol. The van der Waals surface area contributed by atoms with Gasteiger partial charge < -0.3 is 9.73 Å². The van der Waals surface area contributed by atoms with E-state index in [-0.39, 0.29) is 11.7 Å². The minimum atomic E-state index is -1.08. The van der Waals surface area contributed by atoms with Crippen molar-refractivity contribution in [3.8, 4) is 0 Å². The molecule has 27 heavy (non-hydrogen) atoms. The molecule has 0 spiro atoms. The maximum absolute atomic E-state index is 12.3. The van der Waals surface area contributed by atoms with Crippen molar-refractivity contribution in [2.75, 3.05) is 6.54 Å². The predicted octanol–water partition coefficient (Wildman–Crippen LogP) is 4.01. The van der Waals surface area contributed by atoms with Crippen LogP contribution in [0.25, 0.3) is 0 Å². The second-order valence-corrected chi connectivity index (χ2v) is 7.93. The first kappa shape index (κ1) is 19.1. The number of rotatable bonds is 8. The predicted molar refractivity (Wildman–Crippen MR) is 108 cm³/mol. The van der Waals surface area contributed by atoms with Crippen molar-refractivity contribution >= 4 is 16.7 Å². The summed E-state index contributed by atoms with van der Waals surface area (Å²) in [5.74, 6) is 1.34. The number of carbonyl (C=O) groups excluding carboxylic acids is 1. The van der Waals surface area contributed by atoms with Crippen molar-refractivity contribution in [3.05, 3.63) is 94.9 Å². The summed E-state index contributed by atoms with van der Waals surface area (Å²) in [6.07, 6.45) is 0.765. The minimum Gasteiger partial charge on any atom is -0.455 e. The number of aryl methyl sites for hydroxylation is 1. The molecule has 0 unspecified atom stereocenters. The van der Waals surface area contributed by atoms with Gasteiger partial charge in [0.1, 0.15) is 5.76 Å². The largest absolute Gasteiger partial charge is 0.455 e. The summed E-state index contributed by atoms with van der Waals surface area (Å²) in [5.41, 5.74) is 3.38. The Kier molecular flexibility index (Phi) is 6.60. The summed E-state index contributed by atoms with van der Waals surface area (Å²) in [6.45, 7) is 2.56. The highest BCUT2D eigenvalue weighted by atomic mass is 32.2. The van der Waals surface area contributed by atoms with E-state index < -0.39 is 10.8 Å². The minimum absolute atomic E-state index is 0.249. The van der Waals surface area contributed by atoms with Crippen LogP contribution < -0.4 is 5.32 Å². The standard InChI is InChI=1S/C22H23NO3S/c1-17-7-9-19(10-8-17)15-27(25)16-20-11-12-21(26-20)22(24)23-14-13-18-5-3-2-4-6-18/h2-12H,13-16H2,1H3,(H,23,24)/t27-/m0/s1. The first-order valence-corrected chi connectivity index (χ1v) is 10.4. The molecule has 3 aromatic rings. The maximum atomic E-state index is 12.3. The summed E-state index contributed by atoms with van der Waals surface area (Å²) in [4.78, 5) is 12.2. The van der Waals surface area contributed by atoms with Crippen molar-refractivity contribution in [1.29, 1.82) is 0 Å². The van der Waals surface area contributed by atoms with E-state index in [4.69, 9.17) is 4.42 Å². The van der Waals surface area contributed by atoms with Crippen molar-refractivity contribution in [2.45, 2.75) is 24.9 Å². The molecule has 0 saturated carbocycles. The molecule has 0 bridgehead atoms. The molecule has 1 aromatic heterocycles. The Labute approximate surface area is 162 Å². The maximum Gasteiger partial charge on any atom is 0.287 e. The molecule has 140 valence electrons. The Morgan fingerprint density at radius 2 is 1.67 bits per heavy atom. The number of benzene rings is 2. The topological polar surface area (TPSA) is 59.3 Å². The van der Waals surface area contributed by atoms with Crippen LogP contribution in [0.4, 0.5) is 0 Å². The van der Waals surface area contributed by atoms with Crippen molar-refractivity contribution < 1.29 is 13.4 Å². The Morgan fingerprint density at radius 1 is 0.926 bits per heavy atom. The monoisotopic (exact) mass is 381 g/mol. The van der Waals surface area contributed by atoms with E-state index in [0.717, 1.165) is 12.0 Å². The molecule has 1 heterocycles. The average molecular weight is 381 g/mol. The lowest BCUT2D eigenvalue weighted by Crippen LogP contribution is -2.25. The quantitative estimate of drug-likeness (QED) is 0.641. The lowest BCUT2D eigenvalue weighted by Gasteiger charge is -2.04. The molecule has 1 atom stereocenters. The van der Waals surface area contributed by atoms with Gasteiger partial charge in [-0.25, -0.2) is 0 Å². The SMILES string of the molecule is Cc1ccc(C[S@](=O)Cc2ccc(C(=O)NCCc3ccccc3)o2)cc1. The van der Waals surface area contributed by atoms with Crippen LogP contribution in [-0.2, 0) is 28.7 Å². The van der Waals surface area contributed by atoms with E-state index in [1.807, 2.05) is 61.5 Å². The molecule has 0 saturated heterocycles. The molecule has 0 aliphatic rings. The number of carbonyl (C=O) groups is 1. The van der Waals surface area contributed by atoms with Crippen molar-refractivity contribution in [1.82, 2.24) is 5.32 Å². The van der Waals surface area contributed by atoms with Crippen LogP contribution in [0, 0.1) is 6.92 Å². The second-order valence-electron chi connectivity index (χ2n) is 6.47. The van der Waals surface area contributed by atoms with E-state index in [0.29, 0.717) is 23.8 Å². The van der Waals surface area contributed by atoms with E-state index in [1.54, 1.807) is 12.1 Å². The Morgan fingerprint density at radius 3 is 2.41 bits per heavy atom. The first-order chi connectivity index (χ1) is 13.1. The molecule has 0 radical (unpaired) electrons. The number of hydrogen-bond donors (Lipinski definition) is 1.